The molecule has 1 atom stereocenters. The second-order valence-electron chi connectivity index (χ2n) is 4.69. The molecule has 94 valence electrons. The van der Waals surface area contributed by atoms with Gasteiger partial charge in [0.1, 0.15) is 10.8 Å². The van der Waals surface area contributed by atoms with Crippen molar-refractivity contribution >= 4 is 11.3 Å². The number of hydrogen-bond acceptors (Lipinski definition) is 4. The molecule has 2 aromatic rings. The van der Waals surface area contributed by atoms with Crippen LogP contribution < -0.4 is 10.5 Å². The second kappa shape index (κ2) is 4.37. The Morgan fingerprint density at radius 3 is 3.06 bits per heavy atom. The molecule has 1 aliphatic carbocycles. The van der Waals surface area contributed by atoms with Gasteiger partial charge in [0.15, 0.2) is 0 Å². The third-order valence-electron chi connectivity index (χ3n) is 3.63. The van der Waals surface area contributed by atoms with Gasteiger partial charge >= 0.3 is 0 Å². The van der Waals surface area contributed by atoms with Crippen LogP contribution in [0.3, 0.4) is 0 Å². The molecule has 2 N–H and O–H groups in total. The van der Waals surface area contributed by atoms with E-state index < -0.39 is 5.54 Å². The van der Waals surface area contributed by atoms with E-state index >= 15 is 0 Å². The van der Waals surface area contributed by atoms with Gasteiger partial charge in [-0.05, 0) is 42.5 Å². The predicted molar refractivity (Wildman–Crippen MR) is 73.0 cm³/mol. The molecule has 0 saturated carbocycles. The Hall–Kier alpha value is -1.39. The Morgan fingerprint density at radius 2 is 2.33 bits per heavy atom. The molecule has 0 aliphatic heterocycles. The molecule has 3 rings (SSSR count). The number of hydrogen-bond donors (Lipinski definition) is 1. The number of nitrogens with zero attached hydrogens (tertiary/aromatic N) is 1. The minimum Gasteiger partial charge on any atom is -0.497 e. The number of aryl methyl sites for hydroxylation is 1. The first kappa shape index (κ1) is 11.7. The van der Waals surface area contributed by atoms with Crippen molar-refractivity contribution in [3.8, 4) is 5.75 Å². The summed E-state index contributed by atoms with van der Waals surface area (Å²) in [5, 5.41) is 2.98. The van der Waals surface area contributed by atoms with Crippen molar-refractivity contribution in [3.63, 3.8) is 0 Å². The van der Waals surface area contributed by atoms with E-state index in [1.165, 1.54) is 11.1 Å². The Morgan fingerprint density at radius 1 is 1.44 bits per heavy atom. The largest absolute Gasteiger partial charge is 0.497 e. The highest BCUT2D eigenvalue weighted by molar-refractivity contribution is 7.09. The number of benzene rings is 1. The number of fused-ring (bicyclic) bond motifs is 1. The van der Waals surface area contributed by atoms with Crippen molar-refractivity contribution in [2.45, 2.75) is 24.8 Å². The maximum absolute atomic E-state index is 6.65. The summed E-state index contributed by atoms with van der Waals surface area (Å²) in [6.07, 6.45) is 4.96. The molecule has 18 heavy (non-hydrogen) atoms. The standard InChI is InChI=1S/C14H16N2OS/c1-17-11-5-4-10-3-2-6-14(15,12(10)9-11)13-16-7-8-18-13/h4-5,7-9H,2-3,6,15H2,1H3. The van der Waals surface area contributed by atoms with E-state index in [2.05, 4.69) is 17.1 Å². The SMILES string of the molecule is COc1ccc2c(c1)C(N)(c1nccs1)CCC2. The van der Waals surface area contributed by atoms with Crippen molar-refractivity contribution in [1.29, 1.82) is 0 Å². The smallest absolute Gasteiger partial charge is 0.119 e. The average molecular weight is 260 g/mol. The molecule has 4 heteroatoms. The molecule has 3 nitrogen and oxygen atoms in total. The number of methoxy groups -OCH3 is 1. The number of aromatic nitrogens is 1. The summed E-state index contributed by atoms with van der Waals surface area (Å²) in [5.41, 5.74) is 8.69. The predicted octanol–water partition coefficient (Wildman–Crippen LogP) is 2.69. The summed E-state index contributed by atoms with van der Waals surface area (Å²) >= 11 is 1.63. The van der Waals surface area contributed by atoms with E-state index in [4.69, 9.17) is 10.5 Å². The summed E-state index contributed by atoms with van der Waals surface area (Å²) in [6.45, 7) is 0. The molecule has 1 aromatic carbocycles. The Balaban J connectivity index is 2.16. The topological polar surface area (TPSA) is 48.1 Å². The fourth-order valence-corrected chi connectivity index (χ4v) is 3.47. The minimum atomic E-state index is -0.448. The third-order valence-corrected chi connectivity index (χ3v) is 4.58. The molecule has 0 amide bonds. The third kappa shape index (κ3) is 1.72. The summed E-state index contributed by atoms with van der Waals surface area (Å²) in [6, 6.07) is 6.20. The molecule has 0 fully saturated rings. The van der Waals surface area contributed by atoms with E-state index in [-0.39, 0.29) is 0 Å². The van der Waals surface area contributed by atoms with Crippen molar-refractivity contribution in [2.75, 3.05) is 7.11 Å². The van der Waals surface area contributed by atoms with E-state index in [0.29, 0.717) is 0 Å². The van der Waals surface area contributed by atoms with Crippen molar-refractivity contribution < 1.29 is 4.74 Å². The van der Waals surface area contributed by atoms with E-state index in [1.54, 1.807) is 18.4 Å². The van der Waals surface area contributed by atoms with E-state index in [0.717, 1.165) is 30.0 Å². The van der Waals surface area contributed by atoms with Crippen LogP contribution in [0.1, 0.15) is 29.0 Å². The zero-order valence-electron chi connectivity index (χ0n) is 10.3. The van der Waals surface area contributed by atoms with Crippen LogP contribution in [0.2, 0.25) is 0 Å². The number of rotatable bonds is 2. The quantitative estimate of drug-likeness (QED) is 0.903. The van der Waals surface area contributed by atoms with Gasteiger partial charge in [0.05, 0.1) is 12.6 Å². The van der Waals surface area contributed by atoms with Crippen LogP contribution in [0, 0.1) is 0 Å². The first-order chi connectivity index (χ1) is 8.74. The lowest BCUT2D eigenvalue weighted by atomic mass is 9.77. The lowest BCUT2D eigenvalue weighted by molar-refractivity contribution is 0.404. The monoisotopic (exact) mass is 260 g/mol. The second-order valence-corrected chi connectivity index (χ2v) is 5.58. The molecule has 0 radical (unpaired) electrons. The van der Waals surface area contributed by atoms with E-state index in [9.17, 15) is 0 Å². The van der Waals surface area contributed by atoms with Gasteiger partial charge in [-0.3, -0.25) is 0 Å². The highest BCUT2D eigenvalue weighted by Crippen LogP contribution is 2.40. The zero-order valence-corrected chi connectivity index (χ0v) is 11.2. The van der Waals surface area contributed by atoms with Crippen molar-refractivity contribution in [1.82, 2.24) is 4.98 Å². The maximum atomic E-state index is 6.65. The number of thiazole rings is 1. The molecule has 1 aliphatic rings. The van der Waals surface area contributed by atoms with Gasteiger partial charge in [-0.1, -0.05) is 6.07 Å². The van der Waals surface area contributed by atoms with Crippen LogP contribution >= 0.6 is 11.3 Å². The first-order valence-corrected chi connectivity index (χ1v) is 6.98. The minimum absolute atomic E-state index is 0.448. The Bertz CT molecular complexity index is 553. The molecule has 0 saturated heterocycles. The van der Waals surface area contributed by atoms with Gasteiger partial charge in [-0.2, -0.15) is 0 Å². The molecule has 1 heterocycles. The number of ether oxygens (including phenoxy) is 1. The fraction of sp³-hybridized carbons (Fsp3) is 0.357. The number of nitrogens with two attached hydrogens (primary N) is 1. The highest BCUT2D eigenvalue weighted by Gasteiger charge is 2.36. The summed E-state index contributed by atoms with van der Waals surface area (Å²) < 4.78 is 5.32. The van der Waals surface area contributed by atoms with Gasteiger partial charge in [-0.15, -0.1) is 11.3 Å². The Kier molecular flexibility index (Phi) is 2.84. The molecule has 1 unspecified atom stereocenters. The van der Waals surface area contributed by atoms with Gasteiger partial charge in [0.25, 0.3) is 0 Å². The van der Waals surface area contributed by atoms with Crippen LogP contribution in [-0.2, 0) is 12.0 Å². The zero-order chi connectivity index (χ0) is 12.6. The van der Waals surface area contributed by atoms with Crippen molar-refractivity contribution in [3.05, 3.63) is 45.9 Å². The normalized spacial score (nSPS) is 22.6. The van der Waals surface area contributed by atoms with E-state index in [1.807, 2.05) is 17.6 Å². The molecular formula is C14H16N2OS. The van der Waals surface area contributed by atoms with Gasteiger partial charge in [0.2, 0.25) is 0 Å². The van der Waals surface area contributed by atoms with Crippen LogP contribution in [0.5, 0.6) is 5.75 Å². The average Bonchev–Trinajstić information content (AvgIpc) is 2.93. The lowest BCUT2D eigenvalue weighted by Gasteiger charge is -2.34. The highest BCUT2D eigenvalue weighted by atomic mass is 32.1. The van der Waals surface area contributed by atoms with Crippen LogP contribution in [-0.4, -0.2) is 12.1 Å². The van der Waals surface area contributed by atoms with Crippen molar-refractivity contribution in [2.24, 2.45) is 5.73 Å². The first-order valence-electron chi connectivity index (χ1n) is 6.10. The van der Waals surface area contributed by atoms with Gasteiger partial charge < -0.3 is 10.5 Å². The summed E-state index contributed by atoms with van der Waals surface area (Å²) in [4.78, 5) is 4.42. The summed E-state index contributed by atoms with van der Waals surface area (Å²) in [7, 11) is 1.69. The fourth-order valence-electron chi connectivity index (χ4n) is 2.67. The molecular weight excluding hydrogens is 244 g/mol. The van der Waals surface area contributed by atoms with Crippen LogP contribution in [0.25, 0.3) is 0 Å². The molecule has 0 spiro atoms. The maximum Gasteiger partial charge on any atom is 0.119 e. The summed E-state index contributed by atoms with van der Waals surface area (Å²) in [5.74, 6) is 0.863. The van der Waals surface area contributed by atoms with Gasteiger partial charge in [0, 0.05) is 11.6 Å². The lowest BCUT2D eigenvalue weighted by Crippen LogP contribution is -2.41. The Labute approximate surface area is 111 Å². The van der Waals surface area contributed by atoms with Gasteiger partial charge in [-0.25, -0.2) is 4.98 Å². The van der Waals surface area contributed by atoms with Crippen LogP contribution in [0.15, 0.2) is 29.8 Å². The van der Waals surface area contributed by atoms with Crippen LogP contribution in [0.4, 0.5) is 0 Å². The molecule has 1 aromatic heterocycles. The molecule has 0 bridgehead atoms.